The van der Waals surface area contributed by atoms with Gasteiger partial charge in [-0.3, -0.25) is 0 Å². The van der Waals surface area contributed by atoms with Crippen molar-refractivity contribution in [2.45, 2.75) is 131 Å². The van der Waals surface area contributed by atoms with E-state index in [0.29, 0.717) is 0 Å². The molecule has 1 aromatic heterocycles. The van der Waals surface area contributed by atoms with Gasteiger partial charge in [0.2, 0.25) is 0 Å². The first-order valence-electron chi connectivity index (χ1n) is 21.0. The molecule has 0 N–H and O–H groups in total. The number of benzene rings is 6. The van der Waals surface area contributed by atoms with Gasteiger partial charge in [-0.25, -0.2) is 0 Å². The van der Waals surface area contributed by atoms with Gasteiger partial charge in [-0.2, -0.15) is 0 Å². The molecule has 294 valence electrons. The summed E-state index contributed by atoms with van der Waals surface area (Å²) in [7, 11) is 0. The van der Waals surface area contributed by atoms with Gasteiger partial charge in [-0.15, -0.1) is 0 Å². The van der Waals surface area contributed by atoms with Gasteiger partial charge in [0.15, 0.2) is 0 Å². The molecule has 7 rings (SSSR count). The lowest BCUT2D eigenvalue weighted by Crippen LogP contribution is -2.16. The second-order valence-electron chi connectivity index (χ2n) is 21.7. The minimum atomic E-state index is -0.00463. The number of aromatic nitrogens is 1. The highest BCUT2D eigenvalue weighted by molar-refractivity contribution is 6.12. The van der Waals surface area contributed by atoms with Crippen LogP contribution in [0.25, 0.3) is 60.9 Å². The summed E-state index contributed by atoms with van der Waals surface area (Å²) in [5.41, 5.74) is 18.2. The molecular formula is C56H65N. The van der Waals surface area contributed by atoms with Crippen molar-refractivity contribution >= 4 is 21.8 Å². The molecule has 0 saturated heterocycles. The molecule has 1 heterocycles. The van der Waals surface area contributed by atoms with Crippen molar-refractivity contribution in [3.63, 3.8) is 0 Å². The molecule has 0 aliphatic rings. The standard InChI is InChI=1S/C56H65N/c1-52(2,3)40-28-38(29-41(34-40)53(4,5)6)36-24-26-50-46(32-36)47-33-37(39-30-42(54(7,8)9)35-43(31-39)55(10,11)12)25-27-51(47)57(50)49-23-19-17-21-45(49)44-20-16-18-22-48(44)56(13,14)15/h16-35H,1-15H3. The molecule has 6 aromatic carbocycles. The second-order valence-corrected chi connectivity index (χ2v) is 21.7. The highest BCUT2D eigenvalue weighted by atomic mass is 15.0. The molecule has 0 unspecified atom stereocenters. The largest absolute Gasteiger partial charge is 0.309 e. The molecule has 0 bridgehead atoms. The van der Waals surface area contributed by atoms with E-state index in [0.717, 1.165) is 0 Å². The zero-order chi connectivity index (χ0) is 41.5. The predicted molar refractivity (Wildman–Crippen MR) is 251 cm³/mol. The predicted octanol–water partition coefficient (Wildman–Crippen LogP) is 16.3. The van der Waals surface area contributed by atoms with Crippen molar-refractivity contribution in [2.24, 2.45) is 0 Å². The lowest BCUT2D eigenvalue weighted by Gasteiger charge is -2.26. The van der Waals surface area contributed by atoms with Crippen LogP contribution in [-0.2, 0) is 27.1 Å². The molecule has 0 aliphatic heterocycles. The average molecular weight is 752 g/mol. The van der Waals surface area contributed by atoms with Crippen LogP contribution in [0.3, 0.4) is 0 Å². The monoisotopic (exact) mass is 752 g/mol. The SMILES string of the molecule is CC(C)(C)c1cc(-c2ccc3c(c2)c2cc(-c4cc(C(C)(C)C)cc(C(C)(C)C)c4)ccc2n3-c2ccccc2-c2ccccc2C(C)(C)C)cc(C(C)(C)C)c1. The van der Waals surface area contributed by atoms with Crippen LogP contribution in [0, 0.1) is 0 Å². The summed E-state index contributed by atoms with van der Waals surface area (Å²) < 4.78 is 2.52. The minimum Gasteiger partial charge on any atom is -0.309 e. The summed E-state index contributed by atoms with van der Waals surface area (Å²) >= 11 is 0. The van der Waals surface area contributed by atoms with Crippen LogP contribution in [0.15, 0.2) is 121 Å². The molecule has 0 fully saturated rings. The number of hydrogen-bond donors (Lipinski definition) is 0. The maximum atomic E-state index is 2.52. The summed E-state index contributed by atoms with van der Waals surface area (Å²) in [5, 5.41) is 2.54. The molecule has 1 nitrogen and oxygen atoms in total. The molecule has 57 heavy (non-hydrogen) atoms. The van der Waals surface area contributed by atoms with Crippen molar-refractivity contribution in [1.82, 2.24) is 4.57 Å². The highest BCUT2D eigenvalue weighted by Gasteiger charge is 2.25. The van der Waals surface area contributed by atoms with E-state index in [-0.39, 0.29) is 27.1 Å². The molecule has 0 amide bonds. The number of nitrogens with zero attached hydrogens (tertiary/aromatic N) is 1. The van der Waals surface area contributed by atoms with E-state index in [1.807, 2.05) is 0 Å². The van der Waals surface area contributed by atoms with Crippen LogP contribution < -0.4 is 0 Å². The van der Waals surface area contributed by atoms with E-state index in [2.05, 4.69) is 230 Å². The summed E-state index contributed by atoms with van der Waals surface area (Å²) in [5.74, 6) is 0. The van der Waals surface area contributed by atoms with Gasteiger partial charge < -0.3 is 4.57 Å². The van der Waals surface area contributed by atoms with Gasteiger partial charge in [0, 0.05) is 16.3 Å². The van der Waals surface area contributed by atoms with Crippen LogP contribution in [0.5, 0.6) is 0 Å². The van der Waals surface area contributed by atoms with Crippen LogP contribution in [0.4, 0.5) is 0 Å². The van der Waals surface area contributed by atoms with Gasteiger partial charge in [0.25, 0.3) is 0 Å². The van der Waals surface area contributed by atoms with E-state index in [1.54, 1.807) is 0 Å². The van der Waals surface area contributed by atoms with E-state index < -0.39 is 0 Å². The zero-order valence-electron chi connectivity index (χ0n) is 37.5. The quantitative estimate of drug-likeness (QED) is 0.169. The number of hydrogen-bond acceptors (Lipinski definition) is 0. The normalized spacial score (nSPS) is 13.2. The molecular weight excluding hydrogens is 687 g/mol. The fourth-order valence-corrected chi connectivity index (χ4v) is 8.23. The molecule has 0 atom stereocenters. The third-order valence-electron chi connectivity index (χ3n) is 11.9. The van der Waals surface area contributed by atoms with Gasteiger partial charge >= 0.3 is 0 Å². The van der Waals surface area contributed by atoms with E-state index in [1.165, 1.54) is 88.7 Å². The van der Waals surface area contributed by atoms with Crippen molar-refractivity contribution in [2.75, 3.05) is 0 Å². The molecule has 0 aliphatic carbocycles. The first kappa shape index (κ1) is 40.3. The second kappa shape index (κ2) is 13.9. The topological polar surface area (TPSA) is 4.93 Å². The van der Waals surface area contributed by atoms with Crippen LogP contribution >= 0.6 is 0 Å². The maximum Gasteiger partial charge on any atom is 0.0541 e. The number of para-hydroxylation sites is 1. The Morgan fingerprint density at radius 2 is 0.684 bits per heavy atom. The molecule has 0 saturated carbocycles. The summed E-state index contributed by atoms with van der Waals surface area (Å²) in [6, 6.07) is 46.8. The molecule has 0 spiro atoms. The van der Waals surface area contributed by atoms with Gasteiger partial charge in [-0.1, -0.05) is 195 Å². The first-order valence-corrected chi connectivity index (χ1v) is 21.0. The number of fused-ring (bicyclic) bond motifs is 3. The fourth-order valence-electron chi connectivity index (χ4n) is 8.23. The Morgan fingerprint density at radius 1 is 0.316 bits per heavy atom. The van der Waals surface area contributed by atoms with Crippen LogP contribution in [-0.4, -0.2) is 4.57 Å². The average Bonchev–Trinajstić information content (AvgIpc) is 3.45. The third-order valence-corrected chi connectivity index (χ3v) is 11.9. The molecule has 1 heteroatoms. The Bertz CT molecular complexity index is 2430. The summed E-state index contributed by atoms with van der Waals surface area (Å²) in [4.78, 5) is 0. The van der Waals surface area contributed by atoms with E-state index in [4.69, 9.17) is 0 Å². The third kappa shape index (κ3) is 7.88. The van der Waals surface area contributed by atoms with Crippen molar-refractivity contribution < 1.29 is 0 Å². The molecule has 7 aromatic rings. The minimum absolute atomic E-state index is 0.00463. The Hall–Kier alpha value is -4.88. The lowest BCUT2D eigenvalue weighted by atomic mass is 9.78. The Labute approximate surface area is 344 Å². The smallest absolute Gasteiger partial charge is 0.0541 e. The fraction of sp³-hybridized carbons (Fsp3) is 0.357. The van der Waals surface area contributed by atoms with Crippen molar-refractivity contribution in [1.29, 1.82) is 0 Å². The summed E-state index contributed by atoms with van der Waals surface area (Å²) in [6.45, 7) is 34.9. The Balaban J connectivity index is 1.56. The van der Waals surface area contributed by atoms with Crippen LogP contribution in [0.1, 0.15) is 132 Å². The molecule has 0 radical (unpaired) electrons. The summed E-state index contributed by atoms with van der Waals surface area (Å²) in [6.07, 6.45) is 0. The van der Waals surface area contributed by atoms with Crippen molar-refractivity contribution in [3.8, 4) is 39.1 Å². The Morgan fingerprint density at radius 3 is 1.07 bits per heavy atom. The van der Waals surface area contributed by atoms with Gasteiger partial charge in [0.05, 0.1) is 16.7 Å². The van der Waals surface area contributed by atoms with Crippen LogP contribution in [0.2, 0.25) is 0 Å². The maximum absolute atomic E-state index is 2.52. The van der Waals surface area contributed by atoms with E-state index >= 15 is 0 Å². The first-order chi connectivity index (χ1) is 26.4. The Kier molecular flexibility index (Phi) is 9.83. The highest BCUT2D eigenvalue weighted by Crippen LogP contribution is 2.43. The van der Waals surface area contributed by atoms with Crippen molar-refractivity contribution in [3.05, 3.63) is 149 Å². The van der Waals surface area contributed by atoms with Gasteiger partial charge in [-0.05, 0) is 113 Å². The number of rotatable bonds is 4. The van der Waals surface area contributed by atoms with Gasteiger partial charge in [0.1, 0.15) is 0 Å². The lowest BCUT2D eigenvalue weighted by molar-refractivity contribution is 0.568. The van der Waals surface area contributed by atoms with E-state index in [9.17, 15) is 0 Å². The zero-order valence-corrected chi connectivity index (χ0v) is 37.5.